The maximum Gasteiger partial charge on any atom is 0.308 e. The number of nitrogens with zero attached hydrogens (tertiary/aromatic N) is 1. The smallest absolute Gasteiger partial charge is 0.308 e. The minimum atomic E-state index is -0.695. The van der Waals surface area contributed by atoms with Crippen LogP contribution in [0, 0.1) is 11.8 Å². The van der Waals surface area contributed by atoms with E-state index < -0.39 is 5.97 Å². The Hall–Kier alpha value is -1.39. The number of rotatable bonds is 5. The first-order chi connectivity index (χ1) is 9.13. The molecule has 104 valence electrons. The summed E-state index contributed by atoms with van der Waals surface area (Å²) in [5.41, 5.74) is 1.18. The topological polar surface area (TPSA) is 49.8 Å². The molecule has 1 saturated heterocycles. The molecule has 0 aliphatic carbocycles. The summed E-state index contributed by atoms with van der Waals surface area (Å²) in [6, 6.07) is 10.3. The lowest BCUT2D eigenvalue weighted by molar-refractivity contribution is -0.142. The van der Waals surface area contributed by atoms with Crippen LogP contribution in [0.4, 0.5) is 0 Å². The van der Waals surface area contributed by atoms with Gasteiger partial charge in [-0.15, -0.1) is 0 Å². The molecule has 4 nitrogen and oxygen atoms in total. The van der Waals surface area contributed by atoms with E-state index in [0.717, 1.165) is 6.54 Å². The van der Waals surface area contributed by atoms with Crippen molar-refractivity contribution in [3.63, 3.8) is 0 Å². The van der Waals surface area contributed by atoms with Crippen molar-refractivity contribution in [3.05, 3.63) is 35.9 Å². The Balaban J connectivity index is 2.15. The second kappa shape index (κ2) is 6.17. The van der Waals surface area contributed by atoms with Gasteiger partial charge in [0.15, 0.2) is 0 Å². The van der Waals surface area contributed by atoms with Crippen molar-refractivity contribution in [2.24, 2.45) is 11.8 Å². The molecule has 0 saturated carbocycles. The van der Waals surface area contributed by atoms with Crippen LogP contribution < -0.4 is 0 Å². The van der Waals surface area contributed by atoms with Gasteiger partial charge >= 0.3 is 5.97 Å². The minimum absolute atomic E-state index is 0.137. The normalized spacial score (nSPS) is 25.4. The van der Waals surface area contributed by atoms with Crippen molar-refractivity contribution in [2.75, 3.05) is 26.8 Å². The first kappa shape index (κ1) is 14.0. The number of hydrogen-bond acceptors (Lipinski definition) is 3. The molecule has 0 aromatic heterocycles. The van der Waals surface area contributed by atoms with Gasteiger partial charge in [-0.05, 0) is 11.5 Å². The van der Waals surface area contributed by atoms with Crippen LogP contribution in [0.25, 0.3) is 0 Å². The summed E-state index contributed by atoms with van der Waals surface area (Å²) < 4.78 is 5.31. The molecule has 19 heavy (non-hydrogen) atoms. The summed E-state index contributed by atoms with van der Waals surface area (Å²) >= 11 is 0. The van der Waals surface area contributed by atoms with Crippen molar-refractivity contribution in [2.45, 2.75) is 13.0 Å². The summed E-state index contributed by atoms with van der Waals surface area (Å²) in [7, 11) is 1.68. The molecule has 1 aromatic carbocycles. The Morgan fingerprint density at radius 2 is 2.11 bits per heavy atom. The number of carboxylic acids is 1. The van der Waals surface area contributed by atoms with Gasteiger partial charge in [-0.25, -0.2) is 0 Å². The van der Waals surface area contributed by atoms with Gasteiger partial charge in [0.1, 0.15) is 0 Å². The summed E-state index contributed by atoms with van der Waals surface area (Å²) in [6.45, 7) is 4.00. The predicted octanol–water partition coefficient (Wildman–Crippen LogP) is 2.03. The fraction of sp³-hybridized carbons (Fsp3) is 0.533. The average molecular weight is 263 g/mol. The standard InChI is InChI=1S/C15H21NO3/c1-11-8-16(9-13(11)15(17)18)14(10-19-2)12-6-4-3-5-7-12/h3-7,11,13-14H,8-10H2,1-2H3,(H,17,18). The highest BCUT2D eigenvalue weighted by atomic mass is 16.5. The predicted molar refractivity (Wildman–Crippen MR) is 72.9 cm³/mol. The Bertz CT molecular complexity index is 421. The van der Waals surface area contributed by atoms with E-state index in [1.807, 2.05) is 25.1 Å². The summed E-state index contributed by atoms with van der Waals surface area (Å²) in [6.07, 6.45) is 0. The van der Waals surface area contributed by atoms with Gasteiger partial charge in [0, 0.05) is 20.2 Å². The number of likely N-dealkylation sites (tertiary alicyclic amines) is 1. The fourth-order valence-electron chi connectivity index (χ4n) is 2.83. The van der Waals surface area contributed by atoms with E-state index >= 15 is 0 Å². The third kappa shape index (κ3) is 3.14. The second-order valence-corrected chi connectivity index (χ2v) is 5.26. The van der Waals surface area contributed by atoms with E-state index in [9.17, 15) is 9.90 Å². The quantitative estimate of drug-likeness (QED) is 0.883. The van der Waals surface area contributed by atoms with E-state index in [2.05, 4.69) is 17.0 Å². The van der Waals surface area contributed by atoms with Gasteiger partial charge in [0.2, 0.25) is 0 Å². The molecule has 0 spiro atoms. The van der Waals surface area contributed by atoms with Crippen LogP contribution >= 0.6 is 0 Å². The van der Waals surface area contributed by atoms with E-state index in [0.29, 0.717) is 13.2 Å². The number of hydrogen-bond donors (Lipinski definition) is 1. The average Bonchev–Trinajstić information content (AvgIpc) is 2.79. The molecule has 0 radical (unpaired) electrons. The summed E-state index contributed by atoms with van der Waals surface area (Å²) in [5, 5.41) is 9.23. The lowest BCUT2D eigenvalue weighted by atomic mass is 9.99. The molecule has 3 atom stereocenters. The highest BCUT2D eigenvalue weighted by Crippen LogP contribution is 2.31. The molecule has 1 heterocycles. The van der Waals surface area contributed by atoms with Crippen molar-refractivity contribution in [1.82, 2.24) is 4.90 Å². The lowest BCUT2D eigenvalue weighted by Crippen LogP contribution is -2.30. The Labute approximate surface area is 114 Å². The molecule has 1 aromatic rings. The number of benzene rings is 1. The SMILES string of the molecule is COCC(c1ccccc1)N1CC(C)C(C(=O)O)C1. The molecule has 1 fully saturated rings. The van der Waals surface area contributed by atoms with Gasteiger partial charge in [-0.2, -0.15) is 0 Å². The van der Waals surface area contributed by atoms with Crippen LogP contribution in [0.15, 0.2) is 30.3 Å². The molecule has 0 bridgehead atoms. The zero-order valence-corrected chi connectivity index (χ0v) is 11.5. The molecule has 1 N–H and O–H groups in total. The van der Waals surface area contributed by atoms with Gasteiger partial charge in [0.05, 0.1) is 18.6 Å². The highest BCUT2D eigenvalue weighted by molar-refractivity contribution is 5.71. The third-order valence-electron chi connectivity index (χ3n) is 3.91. The van der Waals surface area contributed by atoms with Crippen LogP contribution in [-0.4, -0.2) is 42.8 Å². The zero-order valence-electron chi connectivity index (χ0n) is 11.5. The monoisotopic (exact) mass is 263 g/mol. The summed E-state index contributed by atoms with van der Waals surface area (Å²) in [4.78, 5) is 13.4. The van der Waals surface area contributed by atoms with Crippen LogP contribution in [-0.2, 0) is 9.53 Å². The van der Waals surface area contributed by atoms with Crippen molar-refractivity contribution < 1.29 is 14.6 Å². The van der Waals surface area contributed by atoms with Gasteiger partial charge in [-0.3, -0.25) is 9.69 Å². The molecule has 3 unspecified atom stereocenters. The molecule has 0 amide bonds. The number of aliphatic carboxylic acids is 1. The van der Waals surface area contributed by atoms with E-state index in [-0.39, 0.29) is 17.9 Å². The molecular formula is C15H21NO3. The Morgan fingerprint density at radius 3 is 2.63 bits per heavy atom. The van der Waals surface area contributed by atoms with Gasteiger partial charge in [0.25, 0.3) is 0 Å². The fourth-order valence-corrected chi connectivity index (χ4v) is 2.83. The molecule has 2 rings (SSSR count). The number of carboxylic acid groups (broad SMARTS) is 1. The lowest BCUT2D eigenvalue weighted by Gasteiger charge is -2.27. The molecule has 4 heteroatoms. The van der Waals surface area contributed by atoms with Crippen molar-refractivity contribution in [3.8, 4) is 0 Å². The number of ether oxygens (including phenoxy) is 1. The first-order valence-corrected chi connectivity index (χ1v) is 6.64. The molecular weight excluding hydrogens is 242 g/mol. The van der Waals surface area contributed by atoms with Crippen molar-refractivity contribution in [1.29, 1.82) is 0 Å². The first-order valence-electron chi connectivity index (χ1n) is 6.64. The maximum atomic E-state index is 11.2. The number of methoxy groups -OCH3 is 1. The van der Waals surface area contributed by atoms with E-state index in [1.165, 1.54) is 5.56 Å². The van der Waals surface area contributed by atoms with E-state index in [1.54, 1.807) is 7.11 Å². The van der Waals surface area contributed by atoms with Crippen LogP contribution in [0.5, 0.6) is 0 Å². The Morgan fingerprint density at radius 1 is 1.42 bits per heavy atom. The summed E-state index contributed by atoms with van der Waals surface area (Å²) in [5.74, 6) is -0.789. The van der Waals surface area contributed by atoms with Gasteiger partial charge < -0.3 is 9.84 Å². The van der Waals surface area contributed by atoms with Crippen LogP contribution in [0.2, 0.25) is 0 Å². The molecule has 1 aliphatic rings. The van der Waals surface area contributed by atoms with Crippen LogP contribution in [0.1, 0.15) is 18.5 Å². The van der Waals surface area contributed by atoms with Gasteiger partial charge in [-0.1, -0.05) is 37.3 Å². The maximum absolute atomic E-state index is 11.2. The van der Waals surface area contributed by atoms with Crippen LogP contribution in [0.3, 0.4) is 0 Å². The minimum Gasteiger partial charge on any atom is -0.481 e. The zero-order chi connectivity index (χ0) is 13.8. The largest absolute Gasteiger partial charge is 0.481 e. The second-order valence-electron chi connectivity index (χ2n) is 5.26. The molecule has 1 aliphatic heterocycles. The highest BCUT2D eigenvalue weighted by Gasteiger charge is 2.38. The Kier molecular flexibility index (Phi) is 4.56. The van der Waals surface area contributed by atoms with Crippen molar-refractivity contribution >= 4 is 5.97 Å². The van der Waals surface area contributed by atoms with E-state index in [4.69, 9.17) is 4.74 Å². The number of carbonyl (C=O) groups is 1. The third-order valence-corrected chi connectivity index (χ3v) is 3.91.